The van der Waals surface area contributed by atoms with E-state index in [1.54, 1.807) is 0 Å². The first-order valence-corrected chi connectivity index (χ1v) is 8.62. The highest BCUT2D eigenvalue weighted by Gasteiger charge is 2.39. The van der Waals surface area contributed by atoms with Gasteiger partial charge in [-0.15, -0.1) is 0 Å². The molecule has 132 valence electrons. The van der Waals surface area contributed by atoms with Crippen molar-refractivity contribution in [1.29, 1.82) is 0 Å². The molecule has 2 aromatic rings. The molecule has 2 rings (SSSR count). The SMILES string of the molecule is C=C(CN(C)C)[C@@](Cc1ccccc1)(OC(=O)CC)c1ccccc1. The summed E-state index contributed by atoms with van der Waals surface area (Å²) in [6.45, 7) is 6.76. The molecule has 0 spiro atoms. The molecule has 25 heavy (non-hydrogen) atoms. The maximum Gasteiger partial charge on any atom is 0.306 e. The Bertz CT molecular complexity index is 694. The molecule has 0 aliphatic rings. The van der Waals surface area contributed by atoms with Gasteiger partial charge in [0.15, 0.2) is 5.60 Å². The van der Waals surface area contributed by atoms with Gasteiger partial charge < -0.3 is 9.64 Å². The first-order valence-electron chi connectivity index (χ1n) is 8.62. The fraction of sp³-hybridized carbons (Fsp3) is 0.318. The highest BCUT2D eigenvalue weighted by Crippen LogP contribution is 2.37. The molecule has 3 nitrogen and oxygen atoms in total. The van der Waals surface area contributed by atoms with Crippen molar-refractivity contribution >= 4 is 5.97 Å². The standard InChI is InChI=1S/C22H27NO2/c1-5-21(24)25-22(18(2)17-23(3)4,20-14-10-7-11-15-20)16-19-12-8-6-9-13-19/h6-15H,2,5,16-17H2,1,3-4H3/t22-/m1/s1. The van der Waals surface area contributed by atoms with Crippen LogP contribution in [0.4, 0.5) is 0 Å². The second kappa shape index (κ2) is 8.63. The predicted molar refractivity (Wildman–Crippen MR) is 102 cm³/mol. The number of ether oxygens (including phenoxy) is 1. The number of hydrogen-bond donors (Lipinski definition) is 0. The minimum absolute atomic E-state index is 0.223. The normalized spacial score (nSPS) is 13.3. The van der Waals surface area contributed by atoms with E-state index in [-0.39, 0.29) is 5.97 Å². The van der Waals surface area contributed by atoms with E-state index in [2.05, 4.69) is 18.7 Å². The lowest BCUT2D eigenvalue weighted by Crippen LogP contribution is -2.40. The average Bonchev–Trinajstić information content (AvgIpc) is 2.62. The van der Waals surface area contributed by atoms with Crippen molar-refractivity contribution in [2.45, 2.75) is 25.4 Å². The third-order valence-electron chi connectivity index (χ3n) is 4.19. The molecule has 2 aromatic carbocycles. The number of hydrogen-bond acceptors (Lipinski definition) is 3. The first kappa shape index (κ1) is 18.9. The molecule has 0 bridgehead atoms. The van der Waals surface area contributed by atoms with E-state index in [1.165, 1.54) is 0 Å². The number of rotatable bonds is 8. The molecule has 0 aliphatic carbocycles. The third-order valence-corrected chi connectivity index (χ3v) is 4.19. The smallest absolute Gasteiger partial charge is 0.306 e. The van der Waals surface area contributed by atoms with Gasteiger partial charge in [0.2, 0.25) is 0 Å². The second-order valence-corrected chi connectivity index (χ2v) is 6.52. The Hall–Kier alpha value is -2.39. The maximum atomic E-state index is 12.3. The molecule has 0 aromatic heterocycles. The molecule has 0 N–H and O–H groups in total. The van der Waals surface area contributed by atoms with Gasteiger partial charge in [0, 0.05) is 24.9 Å². The van der Waals surface area contributed by atoms with Crippen LogP contribution in [0.2, 0.25) is 0 Å². The van der Waals surface area contributed by atoms with E-state index in [4.69, 9.17) is 4.74 Å². The van der Waals surface area contributed by atoms with Crippen molar-refractivity contribution < 1.29 is 9.53 Å². The Balaban J connectivity index is 2.55. The van der Waals surface area contributed by atoms with Gasteiger partial charge in [-0.2, -0.15) is 0 Å². The van der Waals surface area contributed by atoms with E-state index in [0.29, 0.717) is 19.4 Å². The van der Waals surface area contributed by atoms with Crippen LogP contribution in [-0.4, -0.2) is 31.5 Å². The zero-order valence-corrected chi connectivity index (χ0v) is 15.4. The van der Waals surface area contributed by atoms with Crippen molar-refractivity contribution in [1.82, 2.24) is 4.90 Å². The largest absolute Gasteiger partial charge is 0.449 e. The minimum atomic E-state index is -0.875. The molecule has 0 saturated heterocycles. The van der Waals surface area contributed by atoms with Gasteiger partial charge in [-0.1, -0.05) is 74.2 Å². The Morgan fingerprint density at radius 3 is 2.12 bits per heavy atom. The van der Waals surface area contributed by atoms with Crippen molar-refractivity contribution in [2.24, 2.45) is 0 Å². The monoisotopic (exact) mass is 337 g/mol. The summed E-state index contributed by atoms with van der Waals surface area (Å²) in [7, 11) is 3.98. The lowest BCUT2D eigenvalue weighted by atomic mass is 9.81. The van der Waals surface area contributed by atoms with Crippen molar-refractivity contribution in [3.8, 4) is 0 Å². The topological polar surface area (TPSA) is 29.5 Å². The Morgan fingerprint density at radius 1 is 1.04 bits per heavy atom. The highest BCUT2D eigenvalue weighted by atomic mass is 16.6. The Morgan fingerprint density at radius 2 is 1.60 bits per heavy atom. The van der Waals surface area contributed by atoms with E-state index >= 15 is 0 Å². The van der Waals surface area contributed by atoms with E-state index < -0.39 is 5.60 Å². The van der Waals surface area contributed by atoms with Crippen LogP contribution in [0.25, 0.3) is 0 Å². The first-order chi connectivity index (χ1) is 12.0. The zero-order valence-electron chi connectivity index (χ0n) is 15.4. The highest BCUT2D eigenvalue weighted by molar-refractivity contribution is 5.70. The second-order valence-electron chi connectivity index (χ2n) is 6.52. The summed E-state index contributed by atoms with van der Waals surface area (Å²) < 4.78 is 6.07. The Labute approximate surface area is 150 Å². The van der Waals surface area contributed by atoms with Crippen molar-refractivity contribution in [3.05, 3.63) is 83.9 Å². The zero-order chi connectivity index (χ0) is 18.3. The quantitative estimate of drug-likeness (QED) is 0.534. The molecule has 0 amide bonds. The summed E-state index contributed by atoms with van der Waals surface area (Å²) in [5.74, 6) is -0.223. The summed E-state index contributed by atoms with van der Waals surface area (Å²) >= 11 is 0. The van der Waals surface area contributed by atoms with Crippen LogP contribution < -0.4 is 0 Å². The summed E-state index contributed by atoms with van der Waals surface area (Å²) in [6.07, 6.45) is 0.898. The lowest BCUT2D eigenvalue weighted by molar-refractivity contribution is -0.157. The van der Waals surface area contributed by atoms with Gasteiger partial charge in [-0.3, -0.25) is 4.79 Å². The number of benzene rings is 2. The molecule has 0 aliphatic heterocycles. The summed E-state index contributed by atoms with van der Waals surface area (Å²) in [5.41, 5.74) is 2.05. The fourth-order valence-corrected chi connectivity index (χ4v) is 2.96. The molecule has 1 atom stereocenters. The van der Waals surface area contributed by atoms with Crippen molar-refractivity contribution in [3.63, 3.8) is 0 Å². The van der Waals surface area contributed by atoms with Gasteiger partial charge in [0.1, 0.15) is 0 Å². The summed E-state index contributed by atoms with van der Waals surface area (Å²) in [4.78, 5) is 14.4. The number of nitrogens with zero attached hydrogens (tertiary/aromatic N) is 1. The Kier molecular flexibility index (Phi) is 6.54. The van der Waals surface area contributed by atoms with Gasteiger partial charge in [0.05, 0.1) is 0 Å². The predicted octanol–water partition coefficient (Wildman–Crippen LogP) is 4.20. The average molecular weight is 337 g/mol. The minimum Gasteiger partial charge on any atom is -0.449 e. The molecule has 0 saturated carbocycles. The van der Waals surface area contributed by atoms with Crippen LogP contribution in [-0.2, 0) is 21.6 Å². The number of carbonyl (C=O) groups excluding carboxylic acids is 1. The molecule has 0 heterocycles. The van der Waals surface area contributed by atoms with Gasteiger partial charge >= 0.3 is 5.97 Å². The van der Waals surface area contributed by atoms with E-state index in [9.17, 15) is 4.79 Å². The third kappa shape index (κ3) is 4.80. The van der Waals surface area contributed by atoms with Crippen LogP contribution in [0.3, 0.4) is 0 Å². The van der Waals surface area contributed by atoms with Crippen LogP contribution >= 0.6 is 0 Å². The summed E-state index contributed by atoms with van der Waals surface area (Å²) in [6, 6.07) is 20.0. The van der Waals surface area contributed by atoms with E-state index in [1.807, 2.05) is 74.4 Å². The van der Waals surface area contributed by atoms with E-state index in [0.717, 1.165) is 16.7 Å². The van der Waals surface area contributed by atoms with Crippen molar-refractivity contribution in [2.75, 3.05) is 20.6 Å². The van der Waals surface area contributed by atoms with Gasteiger partial charge in [0.25, 0.3) is 0 Å². The van der Waals surface area contributed by atoms with Crippen LogP contribution in [0.15, 0.2) is 72.8 Å². The summed E-state index contributed by atoms with van der Waals surface area (Å²) in [5, 5.41) is 0. The van der Waals surface area contributed by atoms with Crippen LogP contribution in [0.1, 0.15) is 24.5 Å². The number of likely N-dealkylation sites (N-methyl/N-ethyl adjacent to an activating group) is 1. The number of carbonyl (C=O) groups is 1. The molecule has 3 heteroatoms. The molecule has 0 radical (unpaired) electrons. The van der Waals surface area contributed by atoms with Gasteiger partial charge in [-0.05, 0) is 25.2 Å². The lowest BCUT2D eigenvalue weighted by Gasteiger charge is -2.37. The van der Waals surface area contributed by atoms with Gasteiger partial charge in [-0.25, -0.2) is 0 Å². The van der Waals surface area contributed by atoms with Crippen LogP contribution in [0.5, 0.6) is 0 Å². The van der Waals surface area contributed by atoms with Crippen LogP contribution in [0, 0.1) is 0 Å². The molecule has 0 unspecified atom stereocenters. The molecule has 0 fully saturated rings. The maximum absolute atomic E-state index is 12.3. The molecular weight excluding hydrogens is 310 g/mol. The number of esters is 1. The molecular formula is C22H27NO2. The fourth-order valence-electron chi connectivity index (χ4n) is 2.96.